The van der Waals surface area contributed by atoms with Crippen LogP contribution in [0.2, 0.25) is 0 Å². The molecule has 0 fully saturated rings. The fourth-order valence-electron chi connectivity index (χ4n) is 13.0. The first-order valence-corrected chi connectivity index (χ1v) is 24.0. The van der Waals surface area contributed by atoms with Crippen molar-refractivity contribution in [3.63, 3.8) is 0 Å². The molecule has 0 N–H and O–H groups in total. The van der Waals surface area contributed by atoms with Crippen LogP contribution in [-0.2, 0) is 16.2 Å². The summed E-state index contributed by atoms with van der Waals surface area (Å²) in [6.45, 7) is 9.59. The van der Waals surface area contributed by atoms with Crippen LogP contribution in [0.3, 0.4) is 0 Å². The second-order valence-corrected chi connectivity index (χ2v) is 19.4. The van der Waals surface area contributed by atoms with Gasteiger partial charge in [-0.05, 0) is 138 Å². The lowest BCUT2D eigenvalue weighted by molar-refractivity contribution is 0.394. The van der Waals surface area contributed by atoms with Crippen molar-refractivity contribution in [3.8, 4) is 22.3 Å². The summed E-state index contributed by atoms with van der Waals surface area (Å²) in [6.07, 6.45) is 16.0. The smallest absolute Gasteiger partial charge is 0.0713 e. The standard InChI is InChI=1S/C65H55N/c1-5-64(6-2)60-41-44(33-35-45-21-20-32-59-62(45)54-29-17-19-31-58(54)65(59,46-22-10-7-11-23-46)47-24-12-8-13-25-47)34-38-52(60)53-39-36-50(43-61(53)64)66(48-26-14-9-15-27-48)49-37-40-57-55(42-49)51-28-16-18-30-56(51)63(57,3)4/h7-43,51,56H,5-6H2,1-4H3/b35-33+. The molecule has 1 nitrogen and oxygen atoms in total. The molecule has 0 aliphatic heterocycles. The third kappa shape index (κ3) is 5.78. The summed E-state index contributed by atoms with van der Waals surface area (Å²) in [6, 6.07) is 70.8. The molecule has 4 aliphatic carbocycles. The highest BCUT2D eigenvalue weighted by Gasteiger charge is 2.47. The van der Waals surface area contributed by atoms with Crippen LogP contribution in [0.1, 0.15) is 102 Å². The van der Waals surface area contributed by atoms with Gasteiger partial charge in [-0.2, -0.15) is 0 Å². The highest BCUT2D eigenvalue weighted by atomic mass is 15.1. The molecule has 2 atom stereocenters. The average Bonchev–Trinajstić information content (AvgIpc) is 3.92. The van der Waals surface area contributed by atoms with Gasteiger partial charge in [-0.3, -0.25) is 0 Å². The monoisotopic (exact) mass is 849 g/mol. The van der Waals surface area contributed by atoms with E-state index in [-0.39, 0.29) is 10.8 Å². The van der Waals surface area contributed by atoms with Gasteiger partial charge in [0.05, 0.1) is 5.41 Å². The Bertz CT molecular complexity index is 3210. The molecule has 8 aromatic carbocycles. The summed E-state index contributed by atoms with van der Waals surface area (Å²) >= 11 is 0. The van der Waals surface area contributed by atoms with Crippen LogP contribution < -0.4 is 4.90 Å². The van der Waals surface area contributed by atoms with Crippen LogP contribution in [0.5, 0.6) is 0 Å². The average molecular weight is 850 g/mol. The number of nitrogens with zero attached hydrogens (tertiary/aromatic N) is 1. The minimum absolute atomic E-state index is 0.0792. The molecular formula is C65H55N. The topological polar surface area (TPSA) is 3.24 Å². The lowest BCUT2D eigenvalue weighted by Crippen LogP contribution is -2.28. The molecule has 66 heavy (non-hydrogen) atoms. The van der Waals surface area contributed by atoms with Gasteiger partial charge < -0.3 is 4.90 Å². The van der Waals surface area contributed by atoms with Crippen molar-refractivity contribution in [3.05, 3.63) is 268 Å². The third-order valence-electron chi connectivity index (χ3n) is 16.1. The van der Waals surface area contributed by atoms with Crippen molar-refractivity contribution < 1.29 is 0 Å². The van der Waals surface area contributed by atoms with Crippen LogP contribution in [0.25, 0.3) is 34.4 Å². The molecule has 320 valence electrons. The molecule has 0 saturated carbocycles. The predicted octanol–water partition coefficient (Wildman–Crippen LogP) is 16.9. The summed E-state index contributed by atoms with van der Waals surface area (Å²) in [5.74, 6) is 0.855. The van der Waals surface area contributed by atoms with Gasteiger partial charge in [0.15, 0.2) is 0 Å². The highest BCUT2D eigenvalue weighted by Crippen LogP contribution is 2.59. The number of fused-ring (bicyclic) bond motifs is 9. The Hall–Kier alpha value is -7.22. The molecule has 0 amide bonds. The second kappa shape index (κ2) is 15.5. The second-order valence-electron chi connectivity index (χ2n) is 19.4. The first kappa shape index (κ1) is 40.3. The Balaban J connectivity index is 0.942. The fourth-order valence-corrected chi connectivity index (χ4v) is 13.0. The van der Waals surface area contributed by atoms with E-state index in [4.69, 9.17) is 0 Å². The molecule has 2 unspecified atom stereocenters. The van der Waals surface area contributed by atoms with Crippen molar-refractivity contribution >= 4 is 29.2 Å². The van der Waals surface area contributed by atoms with Gasteiger partial charge in [-0.15, -0.1) is 0 Å². The molecule has 0 heterocycles. The van der Waals surface area contributed by atoms with Crippen molar-refractivity contribution in [1.82, 2.24) is 0 Å². The number of hydrogen-bond acceptors (Lipinski definition) is 1. The van der Waals surface area contributed by atoms with Gasteiger partial charge in [-0.1, -0.05) is 216 Å². The Morgan fingerprint density at radius 3 is 1.80 bits per heavy atom. The molecule has 12 rings (SSSR count). The van der Waals surface area contributed by atoms with E-state index in [1.165, 1.54) is 95.0 Å². The Labute approximate surface area is 391 Å². The molecule has 0 aromatic heterocycles. The molecule has 8 aromatic rings. The summed E-state index contributed by atoms with van der Waals surface area (Å²) in [4.78, 5) is 2.48. The zero-order valence-corrected chi connectivity index (χ0v) is 38.4. The van der Waals surface area contributed by atoms with E-state index < -0.39 is 5.41 Å². The van der Waals surface area contributed by atoms with Crippen LogP contribution >= 0.6 is 0 Å². The molecule has 1 heteroatoms. The maximum absolute atomic E-state index is 2.52. The van der Waals surface area contributed by atoms with E-state index in [2.05, 4.69) is 257 Å². The minimum Gasteiger partial charge on any atom is -0.310 e. The normalized spacial score (nSPS) is 18.3. The molecular weight excluding hydrogens is 795 g/mol. The van der Waals surface area contributed by atoms with Crippen LogP contribution in [-0.4, -0.2) is 0 Å². The summed E-state index contributed by atoms with van der Waals surface area (Å²) in [5, 5.41) is 0. The Morgan fingerprint density at radius 1 is 0.470 bits per heavy atom. The van der Waals surface area contributed by atoms with Gasteiger partial charge in [0, 0.05) is 28.4 Å². The fraction of sp³-hybridized carbons (Fsp3) is 0.169. The van der Waals surface area contributed by atoms with E-state index in [0.29, 0.717) is 11.8 Å². The minimum atomic E-state index is -0.417. The van der Waals surface area contributed by atoms with Crippen molar-refractivity contribution in [2.75, 3.05) is 4.90 Å². The number of anilines is 3. The molecule has 0 saturated heterocycles. The third-order valence-corrected chi connectivity index (χ3v) is 16.1. The maximum atomic E-state index is 2.52. The van der Waals surface area contributed by atoms with Crippen LogP contribution in [0.15, 0.2) is 212 Å². The maximum Gasteiger partial charge on any atom is 0.0713 e. The van der Waals surface area contributed by atoms with E-state index in [1.807, 2.05) is 0 Å². The first-order chi connectivity index (χ1) is 32.4. The zero-order chi connectivity index (χ0) is 44.6. The summed E-state index contributed by atoms with van der Waals surface area (Å²) < 4.78 is 0. The molecule has 4 aliphatic rings. The van der Waals surface area contributed by atoms with Crippen LogP contribution in [0, 0.1) is 5.92 Å². The largest absolute Gasteiger partial charge is 0.310 e. The summed E-state index contributed by atoms with van der Waals surface area (Å²) in [5.41, 5.74) is 22.0. The number of rotatable bonds is 9. The number of para-hydroxylation sites is 1. The van der Waals surface area contributed by atoms with Gasteiger partial charge in [0.1, 0.15) is 0 Å². The number of benzene rings is 8. The van der Waals surface area contributed by atoms with Gasteiger partial charge in [-0.25, -0.2) is 0 Å². The van der Waals surface area contributed by atoms with Crippen molar-refractivity contribution in [1.29, 1.82) is 0 Å². The first-order valence-electron chi connectivity index (χ1n) is 24.0. The van der Waals surface area contributed by atoms with Gasteiger partial charge >= 0.3 is 0 Å². The SMILES string of the molecule is CCC1(CC)c2cc(/C=C/c3cccc4c3-c3ccccc3C4(c3ccccc3)c3ccccc3)ccc2-c2ccc(N(c3ccccc3)c3ccc4c(c3)C3C=CC=CC3C4(C)C)cc21. The molecule has 0 bridgehead atoms. The van der Waals surface area contributed by atoms with Gasteiger partial charge in [0.2, 0.25) is 0 Å². The van der Waals surface area contributed by atoms with E-state index >= 15 is 0 Å². The molecule has 0 radical (unpaired) electrons. The van der Waals surface area contributed by atoms with E-state index in [0.717, 1.165) is 12.8 Å². The van der Waals surface area contributed by atoms with E-state index in [9.17, 15) is 0 Å². The summed E-state index contributed by atoms with van der Waals surface area (Å²) in [7, 11) is 0. The molecule has 0 spiro atoms. The predicted molar refractivity (Wildman–Crippen MR) is 278 cm³/mol. The quantitative estimate of drug-likeness (QED) is 0.131. The van der Waals surface area contributed by atoms with E-state index in [1.54, 1.807) is 0 Å². The lowest BCUT2D eigenvalue weighted by Gasteiger charge is -2.33. The van der Waals surface area contributed by atoms with Gasteiger partial charge in [0.25, 0.3) is 0 Å². The number of hydrogen-bond donors (Lipinski definition) is 0. The Morgan fingerprint density at radius 2 is 1.08 bits per heavy atom. The van der Waals surface area contributed by atoms with Crippen molar-refractivity contribution in [2.45, 2.75) is 62.7 Å². The lowest BCUT2D eigenvalue weighted by atomic mass is 9.67. The number of allylic oxidation sites excluding steroid dienone is 4. The zero-order valence-electron chi connectivity index (χ0n) is 38.4. The van der Waals surface area contributed by atoms with Crippen LogP contribution in [0.4, 0.5) is 17.1 Å². The van der Waals surface area contributed by atoms with Crippen molar-refractivity contribution in [2.24, 2.45) is 5.92 Å². The highest BCUT2D eigenvalue weighted by molar-refractivity contribution is 5.93. The Kier molecular flexibility index (Phi) is 9.44.